The van der Waals surface area contributed by atoms with E-state index in [9.17, 15) is 27.1 Å². The summed E-state index contributed by atoms with van der Waals surface area (Å²) >= 11 is 5.88. The van der Waals surface area contributed by atoms with E-state index in [-0.39, 0.29) is 17.9 Å². The van der Waals surface area contributed by atoms with E-state index in [0.29, 0.717) is 11.6 Å². The predicted octanol–water partition coefficient (Wildman–Crippen LogP) is 4.59. The minimum atomic E-state index is -4.66. The maximum absolute atomic E-state index is 14.3. The first-order chi connectivity index (χ1) is 14.6. The minimum Gasteiger partial charge on any atom is -0.505 e. The van der Waals surface area contributed by atoms with Crippen LogP contribution in [0.2, 0.25) is 5.02 Å². The molecule has 4 rings (SSSR count). The Morgan fingerprint density at radius 1 is 1.06 bits per heavy atom. The third-order valence-corrected chi connectivity index (χ3v) is 5.98. The molecule has 1 heterocycles. The number of sulfonamides is 1. The van der Waals surface area contributed by atoms with Crippen LogP contribution in [0.5, 0.6) is 17.2 Å². The van der Waals surface area contributed by atoms with Gasteiger partial charge in [0.25, 0.3) is 10.0 Å². The molecule has 1 aliphatic heterocycles. The number of esters is 1. The molecule has 0 atom stereocenters. The number of phenolic OH excluding ortho intramolecular Hbond substituents is 1. The molecule has 0 unspecified atom stereocenters. The normalized spacial score (nSPS) is 15.0. The maximum atomic E-state index is 14.3. The highest BCUT2D eigenvalue weighted by Crippen LogP contribution is 2.36. The number of benzene rings is 3. The Morgan fingerprint density at radius 2 is 1.84 bits per heavy atom. The summed E-state index contributed by atoms with van der Waals surface area (Å²) in [6, 6.07) is 9.27. The summed E-state index contributed by atoms with van der Waals surface area (Å²) in [6.07, 6.45) is 0. The minimum absolute atomic E-state index is 0.143. The van der Waals surface area contributed by atoms with Crippen LogP contribution in [-0.2, 0) is 21.4 Å². The molecule has 0 amide bonds. The van der Waals surface area contributed by atoms with Gasteiger partial charge in [0.05, 0.1) is 16.3 Å². The molecule has 3 aromatic rings. The molecule has 3 aromatic carbocycles. The molecule has 0 aromatic heterocycles. The summed E-state index contributed by atoms with van der Waals surface area (Å²) < 4.78 is 66.6. The Labute approximate surface area is 179 Å². The van der Waals surface area contributed by atoms with Crippen molar-refractivity contribution >= 4 is 33.3 Å². The van der Waals surface area contributed by atoms with Gasteiger partial charge in [0.2, 0.25) is 0 Å². The van der Waals surface area contributed by atoms with E-state index in [1.165, 1.54) is 12.1 Å². The summed E-state index contributed by atoms with van der Waals surface area (Å²) in [4.78, 5) is 11.6. The molecule has 11 heteroatoms. The van der Waals surface area contributed by atoms with Crippen molar-refractivity contribution in [2.24, 2.45) is 0 Å². The van der Waals surface area contributed by atoms with Crippen molar-refractivity contribution in [3.63, 3.8) is 0 Å². The summed E-state index contributed by atoms with van der Waals surface area (Å²) in [6.45, 7) is -0.216. The highest BCUT2D eigenvalue weighted by Gasteiger charge is 2.26. The monoisotopic (exact) mass is 467 g/mol. The van der Waals surface area contributed by atoms with Crippen LogP contribution in [0.4, 0.5) is 14.5 Å². The standard InChI is InChI=1S/C20H12ClF2NO6S/c21-13-5-11-6-18(19(13)25)31(27,28)24-16-8-17(15(23)7-14(16)22)30-12-3-1-2-10(4-12)9-29-20(11)26/h1-8,24-25H,9H2. The molecular weight excluding hydrogens is 456 g/mol. The van der Waals surface area contributed by atoms with E-state index in [1.807, 2.05) is 4.72 Å². The van der Waals surface area contributed by atoms with Crippen LogP contribution in [0.3, 0.4) is 0 Å². The number of carbonyl (C=O) groups excluding carboxylic acids is 1. The van der Waals surface area contributed by atoms with Gasteiger partial charge in [-0.15, -0.1) is 0 Å². The summed E-state index contributed by atoms with van der Waals surface area (Å²) in [5.41, 5.74) is -0.420. The van der Waals surface area contributed by atoms with Crippen molar-refractivity contribution < 1.29 is 36.6 Å². The predicted molar refractivity (Wildman–Crippen MR) is 106 cm³/mol. The number of hydrogen-bond donors (Lipinski definition) is 2. The molecule has 1 aliphatic rings. The Kier molecular flexibility index (Phi) is 5.19. The fraction of sp³-hybridized carbons (Fsp3) is 0.0500. The lowest BCUT2D eigenvalue weighted by atomic mass is 10.2. The Bertz CT molecular complexity index is 1330. The number of aromatic hydroxyl groups is 1. The van der Waals surface area contributed by atoms with E-state index in [4.69, 9.17) is 21.1 Å². The number of nitrogens with one attached hydrogen (secondary N) is 1. The Hall–Kier alpha value is -3.37. The largest absolute Gasteiger partial charge is 0.505 e. The lowest BCUT2D eigenvalue weighted by Gasteiger charge is -2.14. The quantitative estimate of drug-likeness (QED) is 0.469. The van der Waals surface area contributed by atoms with Crippen LogP contribution in [0.1, 0.15) is 15.9 Å². The molecule has 7 nitrogen and oxygen atoms in total. The first kappa shape index (κ1) is 20.9. The number of anilines is 1. The van der Waals surface area contributed by atoms with E-state index in [1.54, 1.807) is 12.1 Å². The fourth-order valence-corrected chi connectivity index (χ4v) is 4.32. The number of phenols is 1. The van der Waals surface area contributed by atoms with Crippen LogP contribution in [-0.4, -0.2) is 19.5 Å². The first-order valence-electron chi connectivity index (χ1n) is 8.62. The van der Waals surface area contributed by atoms with Crippen molar-refractivity contribution in [2.45, 2.75) is 11.5 Å². The van der Waals surface area contributed by atoms with E-state index < -0.39 is 54.7 Å². The second-order valence-corrected chi connectivity index (χ2v) is 8.56. The third-order valence-electron chi connectivity index (χ3n) is 4.32. The van der Waals surface area contributed by atoms with Crippen molar-refractivity contribution in [3.8, 4) is 17.2 Å². The Morgan fingerprint density at radius 3 is 2.61 bits per heavy atom. The van der Waals surface area contributed by atoms with E-state index in [0.717, 1.165) is 18.2 Å². The zero-order valence-corrected chi connectivity index (χ0v) is 16.9. The summed E-state index contributed by atoms with van der Waals surface area (Å²) in [7, 11) is -4.66. The first-order valence-corrected chi connectivity index (χ1v) is 10.5. The number of halogens is 3. The van der Waals surface area contributed by atoms with Crippen LogP contribution >= 0.6 is 11.6 Å². The molecule has 31 heavy (non-hydrogen) atoms. The highest BCUT2D eigenvalue weighted by atomic mass is 35.5. The lowest BCUT2D eigenvalue weighted by Crippen LogP contribution is -2.16. The van der Waals surface area contributed by atoms with Gasteiger partial charge < -0.3 is 14.6 Å². The van der Waals surface area contributed by atoms with E-state index in [2.05, 4.69) is 0 Å². The number of fused-ring (bicyclic) bond motifs is 6. The molecule has 0 fully saturated rings. The number of hydrogen-bond acceptors (Lipinski definition) is 6. The van der Waals surface area contributed by atoms with Gasteiger partial charge in [-0.05, 0) is 29.8 Å². The van der Waals surface area contributed by atoms with E-state index >= 15 is 0 Å². The highest BCUT2D eigenvalue weighted by molar-refractivity contribution is 7.92. The van der Waals surface area contributed by atoms with Crippen LogP contribution in [0.25, 0.3) is 0 Å². The average molecular weight is 468 g/mol. The third kappa shape index (κ3) is 4.12. The zero-order chi connectivity index (χ0) is 22.3. The van der Waals surface area contributed by atoms with Gasteiger partial charge in [-0.25, -0.2) is 22.0 Å². The number of rotatable bonds is 0. The molecule has 0 spiro atoms. The molecular formula is C20H12ClF2NO6S. The Balaban J connectivity index is 1.93. The number of carbonyl (C=O) groups is 1. The van der Waals surface area contributed by atoms with Crippen LogP contribution < -0.4 is 9.46 Å². The maximum Gasteiger partial charge on any atom is 0.338 e. The number of ether oxygens (including phenoxy) is 2. The number of cyclic esters (lactones) is 1. The van der Waals surface area contributed by atoms with Gasteiger partial charge in [-0.2, -0.15) is 0 Å². The van der Waals surface area contributed by atoms with Crippen LogP contribution in [0, 0.1) is 11.6 Å². The average Bonchev–Trinajstić information content (AvgIpc) is 2.71. The lowest BCUT2D eigenvalue weighted by molar-refractivity contribution is 0.0472. The molecule has 6 bridgehead atoms. The summed E-state index contributed by atoms with van der Waals surface area (Å²) in [5.74, 6) is -4.40. The van der Waals surface area contributed by atoms with Gasteiger partial charge in [-0.3, -0.25) is 4.72 Å². The van der Waals surface area contributed by atoms with Crippen molar-refractivity contribution in [1.82, 2.24) is 0 Å². The SMILES string of the molecule is O=C1OCc2cccc(c2)Oc2cc(c(F)cc2F)NS(=O)(=O)c2cc1cc(Cl)c2O. The molecule has 160 valence electrons. The fourth-order valence-electron chi connectivity index (χ4n) is 2.84. The molecule has 0 radical (unpaired) electrons. The van der Waals surface area contributed by atoms with Crippen molar-refractivity contribution in [1.29, 1.82) is 0 Å². The zero-order valence-electron chi connectivity index (χ0n) is 15.4. The molecule has 2 N–H and O–H groups in total. The van der Waals surface area contributed by atoms with Gasteiger partial charge in [-0.1, -0.05) is 23.7 Å². The molecule has 0 aliphatic carbocycles. The smallest absolute Gasteiger partial charge is 0.338 e. The van der Waals surface area contributed by atoms with Crippen molar-refractivity contribution in [3.05, 3.63) is 76.3 Å². The second kappa shape index (κ2) is 7.71. The van der Waals surface area contributed by atoms with Crippen LogP contribution in [0.15, 0.2) is 53.4 Å². The van der Waals surface area contributed by atoms with Gasteiger partial charge in [0, 0.05) is 12.1 Å². The molecule has 0 saturated carbocycles. The van der Waals surface area contributed by atoms with Gasteiger partial charge >= 0.3 is 5.97 Å². The summed E-state index contributed by atoms with van der Waals surface area (Å²) in [5, 5.41) is 9.69. The van der Waals surface area contributed by atoms with Gasteiger partial charge in [0.15, 0.2) is 17.3 Å². The second-order valence-electron chi connectivity index (χ2n) is 6.50. The van der Waals surface area contributed by atoms with Gasteiger partial charge in [0.1, 0.15) is 23.1 Å². The topological polar surface area (TPSA) is 102 Å². The molecule has 0 saturated heterocycles. The van der Waals surface area contributed by atoms with Crippen molar-refractivity contribution in [2.75, 3.05) is 4.72 Å².